The van der Waals surface area contributed by atoms with Crippen molar-refractivity contribution in [3.63, 3.8) is 0 Å². The maximum absolute atomic E-state index is 12.1. The fourth-order valence-corrected chi connectivity index (χ4v) is 2.10. The van der Waals surface area contributed by atoms with Crippen LogP contribution >= 0.6 is 0 Å². The number of nitrogens with one attached hydrogen (secondary N) is 2. The van der Waals surface area contributed by atoms with Crippen molar-refractivity contribution < 1.29 is 14.3 Å². The Morgan fingerprint density at radius 1 is 1.13 bits per heavy atom. The van der Waals surface area contributed by atoms with Gasteiger partial charge in [0.15, 0.2) is 0 Å². The molecule has 5 nitrogen and oxygen atoms in total. The summed E-state index contributed by atoms with van der Waals surface area (Å²) in [5.74, 6) is 0.531. The van der Waals surface area contributed by atoms with Gasteiger partial charge in [0.25, 0.3) is 5.91 Å². The van der Waals surface area contributed by atoms with Gasteiger partial charge in [-0.1, -0.05) is 18.2 Å². The van der Waals surface area contributed by atoms with Crippen molar-refractivity contribution in [2.24, 2.45) is 0 Å². The Kier molecular flexibility index (Phi) is 5.74. The molecule has 2 aromatic carbocycles. The van der Waals surface area contributed by atoms with Crippen LogP contribution in [0.15, 0.2) is 42.5 Å². The number of hydrogen-bond donors (Lipinski definition) is 2. The van der Waals surface area contributed by atoms with Crippen LogP contribution in [0.25, 0.3) is 0 Å². The molecule has 0 atom stereocenters. The Balaban J connectivity index is 1.85. The molecule has 0 aromatic heterocycles. The summed E-state index contributed by atoms with van der Waals surface area (Å²) in [6, 6.07) is 12.7. The molecule has 23 heavy (non-hydrogen) atoms. The van der Waals surface area contributed by atoms with Crippen LogP contribution in [0, 0.1) is 13.8 Å². The summed E-state index contributed by atoms with van der Waals surface area (Å²) in [7, 11) is 0. The first kappa shape index (κ1) is 16.5. The molecule has 0 saturated heterocycles. The van der Waals surface area contributed by atoms with Crippen molar-refractivity contribution in [2.45, 2.75) is 13.8 Å². The van der Waals surface area contributed by atoms with Gasteiger partial charge >= 0.3 is 0 Å². The van der Waals surface area contributed by atoms with Crippen molar-refractivity contribution in [1.82, 2.24) is 5.32 Å². The Hall–Kier alpha value is -2.82. The van der Waals surface area contributed by atoms with Gasteiger partial charge in [0.2, 0.25) is 6.41 Å². The van der Waals surface area contributed by atoms with Crippen LogP contribution in [0.4, 0.5) is 5.69 Å². The zero-order valence-electron chi connectivity index (χ0n) is 13.3. The number of carbonyl (C=O) groups excluding carboxylic acids is 2. The number of rotatable bonds is 7. The van der Waals surface area contributed by atoms with Crippen LogP contribution in [0.1, 0.15) is 21.5 Å². The highest BCUT2D eigenvalue weighted by atomic mass is 16.5. The minimum absolute atomic E-state index is 0.251. The molecule has 2 rings (SSSR count). The third-order valence-corrected chi connectivity index (χ3v) is 3.52. The highest BCUT2D eigenvalue weighted by molar-refractivity contribution is 6.01. The minimum atomic E-state index is -0.251. The number of hydrogen-bond acceptors (Lipinski definition) is 3. The van der Waals surface area contributed by atoms with E-state index in [1.807, 2.05) is 32.0 Å². The monoisotopic (exact) mass is 312 g/mol. The zero-order valence-corrected chi connectivity index (χ0v) is 13.3. The van der Waals surface area contributed by atoms with Gasteiger partial charge in [-0.05, 0) is 49.2 Å². The number of para-hydroxylation sites is 1. The van der Waals surface area contributed by atoms with E-state index in [1.165, 1.54) is 11.1 Å². The van der Waals surface area contributed by atoms with Crippen molar-refractivity contribution in [3.8, 4) is 5.75 Å². The Bertz CT molecular complexity index is 698. The number of benzene rings is 2. The summed E-state index contributed by atoms with van der Waals surface area (Å²) in [4.78, 5) is 22.7. The van der Waals surface area contributed by atoms with E-state index in [0.717, 1.165) is 5.75 Å². The first-order valence-corrected chi connectivity index (χ1v) is 7.39. The molecule has 0 aliphatic heterocycles. The lowest BCUT2D eigenvalue weighted by Gasteiger charge is -2.11. The Labute approximate surface area is 135 Å². The largest absolute Gasteiger partial charge is 0.492 e. The van der Waals surface area contributed by atoms with Gasteiger partial charge < -0.3 is 15.4 Å². The third kappa shape index (κ3) is 4.57. The average molecular weight is 312 g/mol. The minimum Gasteiger partial charge on any atom is -0.492 e. The molecule has 0 aliphatic rings. The van der Waals surface area contributed by atoms with Crippen LogP contribution in [-0.4, -0.2) is 25.5 Å². The van der Waals surface area contributed by atoms with Gasteiger partial charge in [-0.2, -0.15) is 0 Å². The molecule has 2 amide bonds. The molecule has 2 aromatic rings. The Morgan fingerprint density at radius 2 is 1.91 bits per heavy atom. The number of aryl methyl sites for hydroxylation is 2. The molecular formula is C18H20N2O3. The van der Waals surface area contributed by atoms with Crippen molar-refractivity contribution in [3.05, 3.63) is 59.2 Å². The smallest absolute Gasteiger partial charge is 0.253 e. The molecule has 5 heteroatoms. The van der Waals surface area contributed by atoms with Gasteiger partial charge in [0.05, 0.1) is 17.8 Å². The summed E-state index contributed by atoms with van der Waals surface area (Å²) >= 11 is 0. The molecule has 0 fully saturated rings. The molecular weight excluding hydrogens is 292 g/mol. The molecule has 0 heterocycles. The standard InChI is InChI=1S/C18H20N2O3/c1-13-7-8-15(11-14(13)2)23-10-9-19-18(22)16-5-3-4-6-17(16)20-12-21/h3-8,11-12H,9-10H2,1-2H3,(H,19,22)(H,20,21). The van der Waals surface area contributed by atoms with Crippen molar-refractivity contribution in [1.29, 1.82) is 0 Å². The van der Waals surface area contributed by atoms with Crippen LogP contribution in [-0.2, 0) is 4.79 Å². The molecule has 2 N–H and O–H groups in total. The first-order valence-electron chi connectivity index (χ1n) is 7.39. The molecule has 0 radical (unpaired) electrons. The topological polar surface area (TPSA) is 67.4 Å². The molecule has 0 aliphatic carbocycles. The van der Waals surface area contributed by atoms with Crippen molar-refractivity contribution >= 4 is 18.0 Å². The second-order valence-corrected chi connectivity index (χ2v) is 5.16. The summed E-state index contributed by atoms with van der Waals surface area (Å²) in [5, 5.41) is 5.29. The maximum atomic E-state index is 12.1. The lowest BCUT2D eigenvalue weighted by Crippen LogP contribution is -2.28. The fourth-order valence-electron chi connectivity index (χ4n) is 2.10. The van der Waals surface area contributed by atoms with E-state index in [0.29, 0.717) is 30.8 Å². The van der Waals surface area contributed by atoms with Crippen LogP contribution in [0.2, 0.25) is 0 Å². The van der Waals surface area contributed by atoms with E-state index in [2.05, 4.69) is 10.6 Å². The first-order chi connectivity index (χ1) is 11.1. The second kappa shape index (κ2) is 7.98. The fraction of sp³-hybridized carbons (Fsp3) is 0.222. The summed E-state index contributed by atoms with van der Waals surface area (Å²) in [6.07, 6.45) is 0.551. The van der Waals surface area contributed by atoms with Gasteiger partial charge in [0, 0.05) is 0 Å². The average Bonchev–Trinajstić information content (AvgIpc) is 2.55. The van der Waals surface area contributed by atoms with Gasteiger partial charge in [-0.25, -0.2) is 0 Å². The van der Waals surface area contributed by atoms with E-state index in [9.17, 15) is 9.59 Å². The summed E-state index contributed by atoms with van der Waals surface area (Å²) in [5.41, 5.74) is 3.28. The molecule has 120 valence electrons. The van der Waals surface area contributed by atoms with Crippen LogP contribution in [0.5, 0.6) is 5.75 Å². The zero-order chi connectivity index (χ0) is 16.7. The number of anilines is 1. The highest BCUT2D eigenvalue weighted by Gasteiger charge is 2.09. The van der Waals surface area contributed by atoms with Gasteiger partial charge in [0.1, 0.15) is 12.4 Å². The van der Waals surface area contributed by atoms with Crippen molar-refractivity contribution in [2.75, 3.05) is 18.5 Å². The molecule has 0 spiro atoms. The molecule has 0 unspecified atom stereocenters. The predicted molar refractivity (Wildman–Crippen MR) is 89.9 cm³/mol. The number of amides is 2. The molecule has 0 bridgehead atoms. The summed E-state index contributed by atoms with van der Waals surface area (Å²) in [6.45, 7) is 4.82. The number of carbonyl (C=O) groups is 2. The van der Waals surface area contributed by atoms with E-state index in [1.54, 1.807) is 24.3 Å². The van der Waals surface area contributed by atoms with Gasteiger partial charge in [-0.3, -0.25) is 9.59 Å². The highest BCUT2D eigenvalue weighted by Crippen LogP contribution is 2.16. The lowest BCUT2D eigenvalue weighted by atomic mass is 10.1. The SMILES string of the molecule is Cc1ccc(OCCNC(=O)c2ccccc2NC=O)cc1C. The second-order valence-electron chi connectivity index (χ2n) is 5.16. The number of ether oxygens (including phenoxy) is 1. The van der Waals surface area contributed by atoms with E-state index in [-0.39, 0.29) is 5.91 Å². The lowest BCUT2D eigenvalue weighted by molar-refractivity contribution is -0.105. The Morgan fingerprint density at radius 3 is 2.65 bits per heavy atom. The predicted octanol–water partition coefficient (Wildman–Crippen LogP) is 2.68. The van der Waals surface area contributed by atoms with Crippen LogP contribution < -0.4 is 15.4 Å². The quantitative estimate of drug-likeness (QED) is 0.610. The molecule has 0 saturated carbocycles. The maximum Gasteiger partial charge on any atom is 0.253 e. The van der Waals surface area contributed by atoms with E-state index < -0.39 is 0 Å². The summed E-state index contributed by atoms with van der Waals surface area (Å²) < 4.78 is 5.62. The third-order valence-electron chi connectivity index (χ3n) is 3.52. The van der Waals surface area contributed by atoms with E-state index in [4.69, 9.17) is 4.74 Å². The van der Waals surface area contributed by atoms with E-state index >= 15 is 0 Å². The van der Waals surface area contributed by atoms with Gasteiger partial charge in [-0.15, -0.1) is 0 Å². The normalized spacial score (nSPS) is 10.0. The van der Waals surface area contributed by atoms with Crippen LogP contribution in [0.3, 0.4) is 0 Å².